The molecule has 0 aromatic carbocycles. The molecule has 3 heteroatoms. The summed E-state index contributed by atoms with van der Waals surface area (Å²) in [4.78, 5) is 2.98. The monoisotopic (exact) mass is 152 g/mol. The number of rotatable bonds is 2. The van der Waals surface area contributed by atoms with E-state index in [1.807, 2.05) is 12.3 Å². The summed E-state index contributed by atoms with van der Waals surface area (Å²) in [6, 6.07) is 1.96. The minimum Gasteiger partial charge on any atom is -0.411 e. The first-order chi connectivity index (χ1) is 5.24. The Labute approximate surface area is 65.7 Å². The first-order valence-electron chi connectivity index (χ1n) is 3.59. The van der Waals surface area contributed by atoms with Gasteiger partial charge in [0.15, 0.2) is 0 Å². The summed E-state index contributed by atoms with van der Waals surface area (Å²) in [5.74, 6) is 0.507. The van der Waals surface area contributed by atoms with Gasteiger partial charge in [0, 0.05) is 6.20 Å². The Hall–Kier alpha value is -1.25. The molecule has 2 N–H and O–H groups in total. The number of oxime groups is 1. The molecule has 0 fully saturated rings. The van der Waals surface area contributed by atoms with E-state index in [0.717, 1.165) is 5.69 Å². The van der Waals surface area contributed by atoms with Crippen molar-refractivity contribution in [3.63, 3.8) is 0 Å². The van der Waals surface area contributed by atoms with E-state index in [1.165, 1.54) is 11.8 Å². The molecule has 1 heterocycles. The minimum absolute atomic E-state index is 0.507. The van der Waals surface area contributed by atoms with Gasteiger partial charge in [0.25, 0.3) is 0 Å². The third-order valence-electron chi connectivity index (χ3n) is 1.59. The summed E-state index contributed by atoms with van der Waals surface area (Å²) in [5, 5.41) is 11.1. The Morgan fingerprint density at radius 3 is 2.82 bits per heavy atom. The molecule has 0 radical (unpaired) electrons. The van der Waals surface area contributed by atoms with Crippen LogP contribution in [0.3, 0.4) is 0 Å². The number of nitrogens with one attached hydrogen (secondary N) is 1. The van der Waals surface area contributed by atoms with Crippen LogP contribution in [0.5, 0.6) is 0 Å². The van der Waals surface area contributed by atoms with E-state index in [-0.39, 0.29) is 0 Å². The van der Waals surface area contributed by atoms with E-state index in [9.17, 15) is 0 Å². The Balaban J connectivity index is 2.81. The van der Waals surface area contributed by atoms with Crippen LogP contribution in [0.25, 0.3) is 0 Å². The van der Waals surface area contributed by atoms with Gasteiger partial charge >= 0.3 is 0 Å². The zero-order chi connectivity index (χ0) is 8.27. The zero-order valence-electron chi connectivity index (χ0n) is 6.70. The molecule has 3 nitrogen and oxygen atoms in total. The van der Waals surface area contributed by atoms with E-state index >= 15 is 0 Å². The fourth-order valence-corrected chi connectivity index (χ4v) is 0.900. The number of hydrogen-bond donors (Lipinski definition) is 2. The van der Waals surface area contributed by atoms with Crippen LogP contribution in [0.1, 0.15) is 31.0 Å². The molecule has 0 spiro atoms. The van der Waals surface area contributed by atoms with E-state index in [4.69, 9.17) is 5.21 Å². The predicted octanol–water partition coefficient (Wildman–Crippen LogP) is 1.95. The van der Waals surface area contributed by atoms with Crippen LogP contribution >= 0.6 is 0 Å². The highest BCUT2D eigenvalue weighted by Crippen LogP contribution is 2.13. The maximum Gasteiger partial charge on any atom is 0.0896 e. The van der Waals surface area contributed by atoms with Crippen molar-refractivity contribution in [3.05, 3.63) is 23.5 Å². The lowest BCUT2D eigenvalue weighted by Gasteiger charge is -1.96. The lowest BCUT2D eigenvalue weighted by Crippen LogP contribution is -1.81. The maximum atomic E-state index is 8.22. The van der Waals surface area contributed by atoms with Gasteiger partial charge in [-0.1, -0.05) is 19.0 Å². The van der Waals surface area contributed by atoms with E-state index in [1.54, 1.807) is 0 Å². The van der Waals surface area contributed by atoms with Crippen LogP contribution in [0.2, 0.25) is 0 Å². The van der Waals surface area contributed by atoms with Gasteiger partial charge in [0.1, 0.15) is 0 Å². The van der Waals surface area contributed by atoms with Crippen molar-refractivity contribution in [3.8, 4) is 0 Å². The fraction of sp³-hybridized carbons (Fsp3) is 0.375. The van der Waals surface area contributed by atoms with Crippen molar-refractivity contribution < 1.29 is 5.21 Å². The first-order valence-corrected chi connectivity index (χ1v) is 3.59. The van der Waals surface area contributed by atoms with Gasteiger partial charge in [-0.05, 0) is 17.5 Å². The third-order valence-corrected chi connectivity index (χ3v) is 1.59. The Bertz CT molecular complexity index is 250. The van der Waals surface area contributed by atoms with Crippen LogP contribution in [0.4, 0.5) is 0 Å². The second-order valence-electron chi connectivity index (χ2n) is 2.79. The summed E-state index contributed by atoms with van der Waals surface area (Å²) < 4.78 is 0. The second-order valence-corrected chi connectivity index (χ2v) is 2.79. The van der Waals surface area contributed by atoms with Crippen molar-refractivity contribution >= 4 is 6.21 Å². The number of nitrogens with zero attached hydrogens (tertiary/aromatic N) is 1. The topological polar surface area (TPSA) is 48.4 Å². The fourth-order valence-electron chi connectivity index (χ4n) is 0.900. The van der Waals surface area contributed by atoms with Crippen LogP contribution in [-0.2, 0) is 0 Å². The molecule has 11 heavy (non-hydrogen) atoms. The maximum absolute atomic E-state index is 8.22. The van der Waals surface area contributed by atoms with E-state index in [0.29, 0.717) is 5.92 Å². The molecule has 0 bridgehead atoms. The van der Waals surface area contributed by atoms with Gasteiger partial charge in [-0.3, -0.25) is 0 Å². The van der Waals surface area contributed by atoms with Crippen molar-refractivity contribution in [2.24, 2.45) is 5.16 Å². The lowest BCUT2D eigenvalue weighted by molar-refractivity contribution is 0.321. The standard InChI is InChI=1S/C8H12N2O/c1-6(2)7-3-8(5-10-11)9-4-7/h3-6,9,11H,1-2H3. The predicted molar refractivity (Wildman–Crippen MR) is 44.3 cm³/mol. The van der Waals surface area contributed by atoms with Gasteiger partial charge < -0.3 is 10.2 Å². The van der Waals surface area contributed by atoms with E-state index < -0.39 is 0 Å². The molecule has 1 aromatic rings. The molecule has 60 valence electrons. The molecule has 0 aliphatic heterocycles. The molecule has 1 aromatic heterocycles. The first kappa shape index (κ1) is 7.85. The van der Waals surface area contributed by atoms with Crippen molar-refractivity contribution in [2.45, 2.75) is 19.8 Å². The summed E-state index contributed by atoms with van der Waals surface area (Å²) in [6.07, 6.45) is 3.30. The average Bonchev–Trinajstić information content (AvgIpc) is 2.37. The lowest BCUT2D eigenvalue weighted by atomic mass is 10.1. The van der Waals surface area contributed by atoms with Crippen molar-refractivity contribution in [1.29, 1.82) is 0 Å². The number of aromatic nitrogens is 1. The largest absolute Gasteiger partial charge is 0.411 e. The molecular weight excluding hydrogens is 140 g/mol. The molecular formula is C8H12N2O. The van der Waals surface area contributed by atoms with Crippen LogP contribution in [-0.4, -0.2) is 16.4 Å². The minimum atomic E-state index is 0.507. The van der Waals surface area contributed by atoms with Gasteiger partial charge in [-0.2, -0.15) is 0 Å². The summed E-state index contributed by atoms with van der Waals surface area (Å²) in [5.41, 5.74) is 2.05. The van der Waals surface area contributed by atoms with Crippen LogP contribution < -0.4 is 0 Å². The Morgan fingerprint density at radius 1 is 1.64 bits per heavy atom. The second kappa shape index (κ2) is 3.23. The molecule has 0 atom stereocenters. The molecule has 0 amide bonds. The molecule has 0 saturated carbocycles. The zero-order valence-corrected chi connectivity index (χ0v) is 6.70. The van der Waals surface area contributed by atoms with Crippen LogP contribution in [0.15, 0.2) is 17.4 Å². The summed E-state index contributed by atoms with van der Waals surface area (Å²) in [7, 11) is 0. The number of aromatic amines is 1. The van der Waals surface area contributed by atoms with Gasteiger partial charge in [0.05, 0.1) is 11.9 Å². The number of H-pyrrole nitrogens is 1. The van der Waals surface area contributed by atoms with Gasteiger partial charge in [-0.15, -0.1) is 0 Å². The summed E-state index contributed by atoms with van der Waals surface area (Å²) in [6.45, 7) is 4.23. The quantitative estimate of drug-likeness (QED) is 0.380. The van der Waals surface area contributed by atoms with Gasteiger partial charge in [0.2, 0.25) is 0 Å². The summed E-state index contributed by atoms with van der Waals surface area (Å²) >= 11 is 0. The molecule has 0 saturated heterocycles. The van der Waals surface area contributed by atoms with Gasteiger partial charge in [-0.25, -0.2) is 0 Å². The highest BCUT2D eigenvalue weighted by atomic mass is 16.4. The Morgan fingerprint density at radius 2 is 2.36 bits per heavy atom. The van der Waals surface area contributed by atoms with Crippen molar-refractivity contribution in [1.82, 2.24) is 4.98 Å². The van der Waals surface area contributed by atoms with E-state index in [2.05, 4.69) is 24.0 Å². The third kappa shape index (κ3) is 1.83. The molecule has 0 aliphatic carbocycles. The molecule has 0 unspecified atom stereocenters. The smallest absolute Gasteiger partial charge is 0.0896 e. The average molecular weight is 152 g/mol. The van der Waals surface area contributed by atoms with Crippen molar-refractivity contribution in [2.75, 3.05) is 0 Å². The molecule has 1 rings (SSSR count). The highest BCUT2D eigenvalue weighted by molar-refractivity contribution is 5.76. The highest BCUT2D eigenvalue weighted by Gasteiger charge is 2.00. The molecule has 0 aliphatic rings. The van der Waals surface area contributed by atoms with Crippen LogP contribution in [0, 0.1) is 0 Å². The SMILES string of the molecule is CC(C)c1c[nH]c(C=NO)c1. The normalized spacial score (nSPS) is 11.5. The number of hydrogen-bond acceptors (Lipinski definition) is 2. The Kier molecular flexibility index (Phi) is 2.31.